The van der Waals surface area contributed by atoms with Crippen LogP contribution in [-0.2, 0) is 6.42 Å². The lowest BCUT2D eigenvalue weighted by atomic mass is 9.99. The second kappa shape index (κ2) is 6.77. The lowest BCUT2D eigenvalue weighted by molar-refractivity contribution is 0.589. The lowest BCUT2D eigenvalue weighted by Crippen LogP contribution is -2.19. The molecule has 0 saturated carbocycles. The summed E-state index contributed by atoms with van der Waals surface area (Å²) in [5.74, 6) is -0.424. The molecule has 5 heteroatoms. The highest BCUT2D eigenvalue weighted by atomic mass is 35.5. The van der Waals surface area contributed by atoms with E-state index in [4.69, 9.17) is 34.8 Å². The summed E-state index contributed by atoms with van der Waals surface area (Å²) >= 11 is 18.2. The number of nitrogens with one attached hydrogen (secondary N) is 1. The minimum Gasteiger partial charge on any atom is -0.313 e. The standard InChI is InChI=1S/C15H13Cl3FN/c1-20-14(15-10(16)3-2-4-11(15)17)8-9-5-6-13(19)12(18)7-9/h2-7,14,20H,8H2,1H3. The van der Waals surface area contributed by atoms with Gasteiger partial charge in [0.25, 0.3) is 0 Å². The number of halogens is 4. The average Bonchev–Trinajstić information content (AvgIpc) is 2.41. The summed E-state index contributed by atoms with van der Waals surface area (Å²) in [6, 6.07) is 10.0. The van der Waals surface area contributed by atoms with Gasteiger partial charge in [0.1, 0.15) is 5.82 Å². The summed E-state index contributed by atoms with van der Waals surface area (Å²) in [4.78, 5) is 0. The SMILES string of the molecule is CNC(Cc1ccc(F)c(Cl)c1)c1c(Cl)cccc1Cl. The van der Waals surface area contributed by atoms with E-state index in [-0.39, 0.29) is 11.1 Å². The molecule has 1 nitrogen and oxygen atoms in total. The third kappa shape index (κ3) is 3.44. The maximum atomic E-state index is 13.2. The Hall–Kier alpha value is -0.800. The molecule has 0 saturated heterocycles. The van der Waals surface area contributed by atoms with Crippen LogP contribution < -0.4 is 5.32 Å². The van der Waals surface area contributed by atoms with Gasteiger partial charge in [-0.1, -0.05) is 46.9 Å². The Morgan fingerprint density at radius 3 is 2.25 bits per heavy atom. The molecular formula is C15H13Cl3FN. The van der Waals surface area contributed by atoms with Gasteiger partial charge in [0.15, 0.2) is 0 Å². The Morgan fingerprint density at radius 1 is 1.05 bits per heavy atom. The molecule has 0 bridgehead atoms. The molecule has 0 aliphatic heterocycles. The van der Waals surface area contributed by atoms with Crippen LogP contribution >= 0.6 is 34.8 Å². The number of hydrogen-bond donors (Lipinski definition) is 1. The van der Waals surface area contributed by atoms with E-state index in [1.54, 1.807) is 30.3 Å². The predicted octanol–water partition coefficient (Wildman–Crippen LogP) is 5.29. The van der Waals surface area contributed by atoms with Gasteiger partial charge in [0.05, 0.1) is 5.02 Å². The van der Waals surface area contributed by atoms with Crippen molar-refractivity contribution in [2.45, 2.75) is 12.5 Å². The van der Waals surface area contributed by atoms with Crippen molar-refractivity contribution in [3.8, 4) is 0 Å². The van der Waals surface area contributed by atoms with E-state index in [1.807, 2.05) is 7.05 Å². The van der Waals surface area contributed by atoms with Gasteiger partial charge in [-0.2, -0.15) is 0 Å². The number of likely N-dealkylation sites (N-methyl/N-ethyl adjacent to an activating group) is 1. The van der Waals surface area contributed by atoms with Crippen molar-refractivity contribution in [3.05, 3.63) is 68.4 Å². The van der Waals surface area contributed by atoms with E-state index in [1.165, 1.54) is 6.07 Å². The van der Waals surface area contributed by atoms with Crippen LogP contribution in [-0.4, -0.2) is 7.05 Å². The van der Waals surface area contributed by atoms with Crippen LogP contribution in [0.2, 0.25) is 15.1 Å². The molecule has 0 spiro atoms. The fraction of sp³-hybridized carbons (Fsp3) is 0.200. The molecule has 0 aliphatic carbocycles. The molecule has 0 radical (unpaired) electrons. The smallest absolute Gasteiger partial charge is 0.141 e. The van der Waals surface area contributed by atoms with Gasteiger partial charge < -0.3 is 5.32 Å². The molecule has 0 aliphatic rings. The zero-order valence-electron chi connectivity index (χ0n) is 10.8. The van der Waals surface area contributed by atoms with Gasteiger partial charge in [0.2, 0.25) is 0 Å². The highest BCUT2D eigenvalue weighted by Crippen LogP contribution is 2.32. The van der Waals surface area contributed by atoms with Crippen molar-refractivity contribution >= 4 is 34.8 Å². The van der Waals surface area contributed by atoms with Crippen molar-refractivity contribution in [1.82, 2.24) is 5.32 Å². The highest BCUT2D eigenvalue weighted by Gasteiger charge is 2.17. The monoisotopic (exact) mass is 331 g/mol. The van der Waals surface area contributed by atoms with Crippen molar-refractivity contribution < 1.29 is 4.39 Å². The molecule has 0 fully saturated rings. The first kappa shape index (κ1) is 15.6. The molecule has 2 aromatic rings. The van der Waals surface area contributed by atoms with Crippen LogP contribution in [0.25, 0.3) is 0 Å². The normalized spacial score (nSPS) is 12.4. The van der Waals surface area contributed by atoms with E-state index < -0.39 is 5.82 Å². The second-order valence-corrected chi connectivity index (χ2v) is 5.65. The summed E-state index contributed by atoms with van der Waals surface area (Å²) in [7, 11) is 1.83. The zero-order valence-corrected chi connectivity index (χ0v) is 13.0. The summed E-state index contributed by atoms with van der Waals surface area (Å²) < 4.78 is 13.2. The van der Waals surface area contributed by atoms with E-state index in [0.717, 1.165) is 11.1 Å². The largest absolute Gasteiger partial charge is 0.313 e. The van der Waals surface area contributed by atoms with E-state index in [9.17, 15) is 4.39 Å². The summed E-state index contributed by atoms with van der Waals surface area (Å²) in [5.41, 5.74) is 1.74. The fourth-order valence-corrected chi connectivity index (χ4v) is 2.96. The molecule has 0 aromatic heterocycles. The molecule has 1 N–H and O–H groups in total. The maximum Gasteiger partial charge on any atom is 0.141 e. The Labute approximate surface area is 132 Å². The molecule has 2 aromatic carbocycles. The average molecular weight is 333 g/mol. The second-order valence-electron chi connectivity index (χ2n) is 4.43. The van der Waals surface area contributed by atoms with Crippen molar-refractivity contribution in [1.29, 1.82) is 0 Å². The summed E-state index contributed by atoms with van der Waals surface area (Å²) in [5, 5.41) is 4.49. The van der Waals surface area contributed by atoms with Crippen LogP contribution in [0.1, 0.15) is 17.2 Å². The molecule has 0 heterocycles. The molecular weight excluding hydrogens is 320 g/mol. The van der Waals surface area contributed by atoms with Crippen molar-refractivity contribution in [3.63, 3.8) is 0 Å². The third-order valence-corrected chi connectivity index (χ3v) is 4.07. The molecule has 2 rings (SSSR count). The topological polar surface area (TPSA) is 12.0 Å². The molecule has 106 valence electrons. The number of benzene rings is 2. The van der Waals surface area contributed by atoms with Gasteiger partial charge >= 0.3 is 0 Å². The Morgan fingerprint density at radius 2 is 1.70 bits per heavy atom. The quantitative estimate of drug-likeness (QED) is 0.802. The van der Waals surface area contributed by atoms with Crippen LogP contribution in [0.3, 0.4) is 0 Å². The van der Waals surface area contributed by atoms with Crippen LogP contribution in [0.4, 0.5) is 4.39 Å². The predicted molar refractivity (Wildman–Crippen MR) is 83.4 cm³/mol. The zero-order chi connectivity index (χ0) is 14.7. The molecule has 1 atom stereocenters. The van der Waals surface area contributed by atoms with E-state index >= 15 is 0 Å². The van der Waals surface area contributed by atoms with E-state index in [0.29, 0.717) is 16.5 Å². The Kier molecular flexibility index (Phi) is 5.28. The first-order valence-corrected chi connectivity index (χ1v) is 7.21. The van der Waals surface area contributed by atoms with Crippen LogP contribution in [0.5, 0.6) is 0 Å². The van der Waals surface area contributed by atoms with Crippen molar-refractivity contribution in [2.24, 2.45) is 0 Å². The molecule has 20 heavy (non-hydrogen) atoms. The minimum atomic E-state index is -0.424. The van der Waals surface area contributed by atoms with Gasteiger partial charge in [-0.3, -0.25) is 0 Å². The minimum absolute atomic E-state index is 0.0715. The molecule has 0 amide bonds. The third-order valence-electron chi connectivity index (χ3n) is 3.12. The first-order chi connectivity index (χ1) is 9.52. The lowest BCUT2D eigenvalue weighted by Gasteiger charge is -2.19. The van der Waals surface area contributed by atoms with Crippen LogP contribution in [0.15, 0.2) is 36.4 Å². The van der Waals surface area contributed by atoms with Gasteiger partial charge in [-0.25, -0.2) is 4.39 Å². The van der Waals surface area contributed by atoms with Gasteiger partial charge in [0, 0.05) is 21.7 Å². The first-order valence-electron chi connectivity index (χ1n) is 6.08. The van der Waals surface area contributed by atoms with Gasteiger partial charge in [-0.05, 0) is 43.3 Å². The fourth-order valence-electron chi connectivity index (χ4n) is 2.09. The maximum absolute atomic E-state index is 13.2. The van der Waals surface area contributed by atoms with E-state index in [2.05, 4.69) is 5.32 Å². The number of hydrogen-bond acceptors (Lipinski definition) is 1. The van der Waals surface area contributed by atoms with Crippen molar-refractivity contribution in [2.75, 3.05) is 7.05 Å². The van der Waals surface area contributed by atoms with Crippen LogP contribution in [0, 0.1) is 5.82 Å². The van der Waals surface area contributed by atoms with Gasteiger partial charge in [-0.15, -0.1) is 0 Å². The Balaban J connectivity index is 2.31. The molecule has 1 unspecified atom stereocenters. The highest BCUT2D eigenvalue weighted by molar-refractivity contribution is 6.36. The summed E-state index contributed by atoms with van der Waals surface area (Å²) in [6.45, 7) is 0. The Bertz CT molecular complexity index is 596. The number of rotatable bonds is 4. The summed E-state index contributed by atoms with van der Waals surface area (Å²) in [6.07, 6.45) is 0.611.